The molecular weight excluding hydrogens is 624 g/mol. The fourth-order valence-electron chi connectivity index (χ4n) is 4.95. The minimum atomic E-state index is -4.27. The van der Waals surface area contributed by atoms with E-state index in [9.17, 15) is 21.8 Å². The first kappa shape index (κ1) is 32.9. The lowest BCUT2D eigenvalue weighted by atomic mass is 9.94. The van der Waals surface area contributed by atoms with E-state index in [2.05, 4.69) is 9.97 Å². The van der Waals surface area contributed by atoms with Gasteiger partial charge in [-0.2, -0.15) is 4.98 Å². The van der Waals surface area contributed by atoms with Crippen LogP contribution in [-0.2, 0) is 25.3 Å². The predicted molar refractivity (Wildman–Crippen MR) is 161 cm³/mol. The Morgan fingerprint density at radius 1 is 1.02 bits per heavy atom. The summed E-state index contributed by atoms with van der Waals surface area (Å²) in [4.78, 5) is 8.90. The van der Waals surface area contributed by atoms with Crippen molar-refractivity contribution in [3.05, 3.63) is 102 Å². The van der Waals surface area contributed by atoms with Gasteiger partial charge in [0.05, 0.1) is 30.0 Å². The Morgan fingerprint density at radius 2 is 1.76 bits per heavy atom. The third-order valence-corrected chi connectivity index (χ3v) is 9.04. The molecule has 4 aromatic rings. The van der Waals surface area contributed by atoms with Crippen LogP contribution in [0, 0.1) is 18.6 Å². The molecule has 9 nitrogen and oxygen atoms in total. The van der Waals surface area contributed by atoms with E-state index in [0.29, 0.717) is 30.1 Å². The zero-order valence-corrected chi connectivity index (χ0v) is 26.2. The van der Waals surface area contributed by atoms with Gasteiger partial charge in [-0.25, -0.2) is 21.8 Å². The summed E-state index contributed by atoms with van der Waals surface area (Å²) in [5.74, 6) is -0.995. The average molecular weight is 658 g/mol. The summed E-state index contributed by atoms with van der Waals surface area (Å²) in [5, 5.41) is 0.403. The van der Waals surface area contributed by atoms with E-state index in [1.807, 2.05) is 42.1 Å². The van der Waals surface area contributed by atoms with Gasteiger partial charge in [-0.05, 0) is 55.1 Å². The number of hydrogen-bond acceptors (Lipinski definition) is 9. The van der Waals surface area contributed by atoms with E-state index in [4.69, 9.17) is 14.2 Å². The van der Waals surface area contributed by atoms with Gasteiger partial charge in [0.1, 0.15) is 22.8 Å². The molecule has 0 bridgehead atoms. The lowest BCUT2D eigenvalue weighted by molar-refractivity contribution is -0.600. The van der Waals surface area contributed by atoms with Crippen molar-refractivity contribution >= 4 is 21.9 Å². The van der Waals surface area contributed by atoms with Crippen molar-refractivity contribution in [2.24, 2.45) is 0 Å². The van der Waals surface area contributed by atoms with E-state index < -0.39 is 27.5 Å². The summed E-state index contributed by atoms with van der Waals surface area (Å²) in [6, 6.07) is 17.4. The standard InChI is InChI=1S/C25H26F2N3O3S.C7H8O3S/c26-20-9-7-8-18(23(20)27)17-34-24-28-21(30-12-5-2-6-13-30)14-22(29-24)31-15-19-16-32-25(33-19)10-3-1-4-11-25;1-6-2-4-7(5-3-6)11(8,9)10/h2,5-9,12-14,19H,1,3-4,10-11,15-17H2;2-5H,1H3,(H,8,9,10)/q+1;/p-1/t19-;/m0./s1. The van der Waals surface area contributed by atoms with Crippen molar-refractivity contribution in [3.8, 4) is 11.7 Å². The normalized spacial score (nSPS) is 17.5. The average Bonchev–Trinajstić information content (AvgIpc) is 3.43. The molecule has 1 atom stereocenters. The molecule has 238 valence electrons. The number of ether oxygens (including phenoxy) is 3. The molecule has 1 spiro atoms. The van der Waals surface area contributed by atoms with Crippen LogP contribution in [0.4, 0.5) is 8.78 Å². The number of hydrogen-bond donors (Lipinski definition) is 0. The highest BCUT2D eigenvalue weighted by atomic mass is 32.2. The second kappa shape index (κ2) is 14.7. The largest absolute Gasteiger partial charge is 0.744 e. The fraction of sp³-hybridized carbons (Fsp3) is 0.344. The first-order chi connectivity index (χ1) is 21.6. The predicted octanol–water partition coefficient (Wildman–Crippen LogP) is 5.68. The maximum absolute atomic E-state index is 14.1. The number of aromatic nitrogens is 3. The fourth-order valence-corrected chi connectivity index (χ4v) is 6.24. The van der Waals surface area contributed by atoms with Gasteiger partial charge in [0.2, 0.25) is 5.88 Å². The number of halogens is 2. The van der Waals surface area contributed by atoms with Crippen LogP contribution in [0.15, 0.2) is 89.2 Å². The van der Waals surface area contributed by atoms with E-state index in [1.165, 1.54) is 36.4 Å². The molecule has 0 amide bonds. The molecule has 0 radical (unpaired) electrons. The van der Waals surface area contributed by atoms with Gasteiger partial charge in [0, 0.05) is 24.2 Å². The highest BCUT2D eigenvalue weighted by Crippen LogP contribution is 2.38. The summed E-state index contributed by atoms with van der Waals surface area (Å²) < 4.78 is 78.9. The molecule has 0 N–H and O–H groups in total. The van der Waals surface area contributed by atoms with Gasteiger partial charge in [-0.3, -0.25) is 0 Å². The first-order valence-corrected chi connectivity index (χ1v) is 16.9. The van der Waals surface area contributed by atoms with Crippen molar-refractivity contribution in [1.29, 1.82) is 0 Å². The van der Waals surface area contributed by atoms with Crippen molar-refractivity contribution in [1.82, 2.24) is 9.97 Å². The lowest BCUT2D eigenvalue weighted by Crippen LogP contribution is -2.34. The molecule has 1 saturated heterocycles. The summed E-state index contributed by atoms with van der Waals surface area (Å²) in [7, 11) is -4.27. The van der Waals surface area contributed by atoms with Crippen molar-refractivity contribution in [3.63, 3.8) is 0 Å². The Labute approximate surface area is 265 Å². The molecule has 1 saturated carbocycles. The number of nitrogens with zero attached hydrogens (tertiary/aromatic N) is 3. The van der Waals surface area contributed by atoms with E-state index in [0.717, 1.165) is 37.3 Å². The minimum absolute atomic E-state index is 0.168. The second-order valence-electron chi connectivity index (χ2n) is 10.7. The molecule has 2 aliphatic rings. The van der Waals surface area contributed by atoms with Crippen molar-refractivity contribution in [2.75, 3.05) is 13.2 Å². The molecular formula is C32H33F2N3O6S2. The zero-order chi connectivity index (χ0) is 31.9. The molecule has 0 unspecified atom stereocenters. The van der Waals surface area contributed by atoms with Crippen LogP contribution < -0.4 is 9.30 Å². The quantitative estimate of drug-likeness (QED) is 0.102. The molecule has 6 rings (SSSR count). The van der Waals surface area contributed by atoms with Crippen molar-refractivity contribution in [2.45, 2.75) is 66.7 Å². The van der Waals surface area contributed by atoms with Gasteiger partial charge < -0.3 is 18.8 Å². The molecule has 13 heteroatoms. The van der Waals surface area contributed by atoms with E-state index in [-0.39, 0.29) is 22.3 Å². The number of aryl methyl sites for hydroxylation is 1. The Morgan fingerprint density at radius 3 is 2.47 bits per heavy atom. The van der Waals surface area contributed by atoms with Crippen LogP contribution in [-0.4, -0.2) is 48.0 Å². The lowest BCUT2D eigenvalue weighted by Gasteiger charge is -2.31. The van der Waals surface area contributed by atoms with Gasteiger partial charge in [-0.1, -0.05) is 54.1 Å². The monoisotopic (exact) mass is 657 g/mol. The maximum Gasteiger partial charge on any atom is 0.336 e. The molecule has 2 aromatic heterocycles. The molecule has 1 aliphatic heterocycles. The van der Waals surface area contributed by atoms with Crippen LogP contribution >= 0.6 is 11.8 Å². The molecule has 45 heavy (non-hydrogen) atoms. The van der Waals surface area contributed by atoms with Crippen LogP contribution in [0.2, 0.25) is 0 Å². The third-order valence-electron chi connectivity index (χ3n) is 7.29. The zero-order valence-electron chi connectivity index (χ0n) is 24.6. The molecule has 1 aliphatic carbocycles. The van der Waals surface area contributed by atoms with E-state index in [1.54, 1.807) is 24.3 Å². The summed E-state index contributed by atoms with van der Waals surface area (Å²) in [6.07, 6.45) is 8.86. The van der Waals surface area contributed by atoms with Crippen LogP contribution in [0.3, 0.4) is 0 Å². The van der Waals surface area contributed by atoms with Gasteiger partial charge in [0.25, 0.3) is 0 Å². The highest BCUT2D eigenvalue weighted by Gasteiger charge is 2.42. The number of rotatable bonds is 8. The van der Waals surface area contributed by atoms with Crippen LogP contribution in [0.5, 0.6) is 5.88 Å². The van der Waals surface area contributed by atoms with Gasteiger partial charge >= 0.3 is 11.0 Å². The molecule has 2 fully saturated rings. The second-order valence-corrected chi connectivity index (χ2v) is 13.1. The maximum atomic E-state index is 14.1. The minimum Gasteiger partial charge on any atom is -0.744 e. The number of pyridine rings is 1. The highest BCUT2D eigenvalue weighted by molar-refractivity contribution is 7.98. The Balaban J connectivity index is 0.000000309. The third kappa shape index (κ3) is 9.04. The molecule has 2 aromatic carbocycles. The topological polar surface area (TPSA) is 115 Å². The van der Waals surface area contributed by atoms with Crippen molar-refractivity contribution < 1.29 is 40.5 Å². The summed E-state index contributed by atoms with van der Waals surface area (Å²) in [6.45, 7) is 2.62. The Kier molecular flexibility index (Phi) is 10.8. The SMILES string of the molecule is Cc1ccc(S(=O)(=O)[O-])cc1.Fc1cccc(CSc2nc(OC[C@H]3COC4(CCCCC4)O3)cc(-[n+]3ccccc3)n2)c1F. The van der Waals surface area contributed by atoms with Gasteiger partial charge in [0.15, 0.2) is 17.4 Å². The Bertz CT molecular complexity index is 1690. The van der Waals surface area contributed by atoms with Gasteiger partial charge in [-0.15, -0.1) is 0 Å². The van der Waals surface area contributed by atoms with E-state index >= 15 is 0 Å². The number of thioether (sulfide) groups is 1. The van der Waals surface area contributed by atoms with Crippen LogP contribution in [0.25, 0.3) is 5.82 Å². The summed E-state index contributed by atoms with van der Waals surface area (Å²) >= 11 is 1.22. The summed E-state index contributed by atoms with van der Waals surface area (Å²) in [5.41, 5.74) is 1.18. The number of benzene rings is 2. The first-order valence-electron chi connectivity index (χ1n) is 14.5. The Hall–Kier alpha value is -3.49. The van der Waals surface area contributed by atoms with Crippen LogP contribution in [0.1, 0.15) is 43.2 Å². The molecule has 3 heterocycles. The smallest absolute Gasteiger partial charge is 0.336 e.